The number of fused-ring (bicyclic) bond motifs is 1. The van der Waals surface area contributed by atoms with Crippen LogP contribution >= 0.6 is 64.7 Å². The van der Waals surface area contributed by atoms with Gasteiger partial charge in [0.25, 0.3) is 0 Å². The molecule has 1 saturated heterocycles. The van der Waals surface area contributed by atoms with Gasteiger partial charge in [-0.2, -0.15) is 4.58 Å². The molecule has 0 spiro atoms. The molecule has 5 nitrogen and oxygen atoms in total. The molecule has 0 radical (unpaired) electrons. The Bertz CT molecular complexity index is 5380. The quantitative estimate of drug-likeness (QED) is 0.0300. The van der Waals surface area contributed by atoms with Gasteiger partial charge >= 0.3 is 269 Å². The van der Waals surface area contributed by atoms with Crippen LogP contribution in [0.5, 0.6) is 11.5 Å². The number of ether oxygens (including phenoxy) is 2. The molecule has 12 aromatic rings. The Balaban J connectivity index is 0.000000401. The Morgan fingerprint density at radius 3 is 1.09 bits per heavy atom. The smallest absolute Gasteiger partial charge is 1.00 e. The van der Waals surface area contributed by atoms with E-state index in [0.717, 1.165) is 26.7 Å². The van der Waals surface area contributed by atoms with Gasteiger partial charge in [-0.15, -0.1) is 5.41 Å². The number of halogens is 9. The molecule has 0 N–H and O–H groups in total. The van der Waals surface area contributed by atoms with E-state index in [4.69, 9.17) is 52.9 Å². The van der Waals surface area contributed by atoms with Crippen LogP contribution in [0.15, 0.2) is 322 Å². The first kappa shape index (κ1) is 125. The zero-order chi connectivity index (χ0) is 99.3. The number of benzene rings is 12. The van der Waals surface area contributed by atoms with Crippen LogP contribution in [0.1, 0.15) is 171 Å². The number of aryl methyl sites for hydroxylation is 6. The monoisotopic (exact) mass is 2240 g/mol. The summed E-state index contributed by atoms with van der Waals surface area (Å²) in [6.45, 7) is 58.2. The molecule has 0 saturated carbocycles. The molecule has 0 unspecified atom stereocenters. The van der Waals surface area contributed by atoms with E-state index in [2.05, 4.69) is 438 Å². The zero-order valence-electron chi connectivity index (χ0n) is 84.1. The zero-order valence-corrected chi connectivity index (χ0v) is 96.3. The van der Waals surface area contributed by atoms with Crippen LogP contribution in [0.2, 0.25) is 39.3 Å². The first-order chi connectivity index (χ1) is 63.2. The fourth-order valence-electron chi connectivity index (χ4n) is 17.3. The third kappa shape index (κ3) is 43.1. The van der Waals surface area contributed by atoms with Gasteiger partial charge in [0.1, 0.15) is 37.6 Å². The third-order valence-electron chi connectivity index (χ3n) is 20.9. The average Bonchev–Trinajstić information content (AvgIpc) is 1.62. The van der Waals surface area contributed by atoms with Crippen molar-refractivity contribution in [3.63, 3.8) is 0 Å². The first-order valence-corrected chi connectivity index (χ1v) is 67.2. The molecule has 0 atom stereocenters. The molecule has 0 bridgehead atoms. The molecule has 738 valence electrons. The molecule has 23 heteroatoms. The molecule has 1 aliphatic carbocycles. The Hall–Kier alpha value is -6.22. The van der Waals surface area contributed by atoms with E-state index in [9.17, 15) is 12.9 Å². The number of hydrogen-bond acceptors (Lipinski definition) is 3. The largest absolute Gasteiger partial charge is 1.00 e. The number of hydrogen-bond donors (Lipinski definition) is 0. The van der Waals surface area contributed by atoms with Crippen molar-refractivity contribution < 1.29 is 92.7 Å². The van der Waals surface area contributed by atoms with E-state index in [1.165, 1.54) is 112 Å². The van der Waals surface area contributed by atoms with Crippen molar-refractivity contribution >= 4 is 159 Å². The van der Waals surface area contributed by atoms with Crippen molar-refractivity contribution in [3.8, 4) is 11.5 Å². The van der Waals surface area contributed by atoms with Gasteiger partial charge in [-0.3, -0.25) is 12.9 Å². The average molecular weight is 2240 g/mol. The maximum Gasteiger partial charge on any atom is 1.00 e. The van der Waals surface area contributed by atoms with Crippen molar-refractivity contribution in [1.82, 2.24) is 0 Å². The van der Waals surface area contributed by atoms with Gasteiger partial charge < -0.3 is 19.0 Å². The van der Waals surface area contributed by atoms with Gasteiger partial charge in [-0.1, -0.05) is 260 Å². The van der Waals surface area contributed by atoms with Gasteiger partial charge in [-0.25, -0.2) is 6.54 Å². The molecular weight excluding hydrogens is 2100 g/mol. The molecule has 15 rings (SSSR count). The molecule has 3 aliphatic rings. The summed E-state index contributed by atoms with van der Waals surface area (Å²) in [7, 11) is 20.6. The molecule has 1 fully saturated rings. The fraction of sp³-hybridized carbons (Fsp3) is 0.298. The summed E-state index contributed by atoms with van der Waals surface area (Å²) < 4.78 is 50.6. The summed E-state index contributed by atoms with van der Waals surface area (Å²) in [5, 5.41) is 8.61. The molecule has 12 aromatic carbocycles. The summed E-state index contributed by atoms with van der Waals surface area (Å²) in [6, 6.07) is 109. The first-order valence-electron chi connectivity index (χ1n) is 45.2. The molecule has 0 amide bonds. The van der Waals surface area contributed by atoms with E-state index in [-0.39, 0.29) is 65.1 Å². The second kappa shape index (κ2) is 61.0. The fourth-order valence-corrected chi connectivity index (χ4v) is 34.8. The van der Waals surface area contributed by atoms with Crippen molar-refractivity contribution in [3.05, 3.63) is 394 Å². The standard InChI is InChI=1S/2C18H15P.2C17H26N.C15H10.C12H16O.C10H12O.C6H18NSi2.CH4.BF3.5ClH.Cu.FH.Li.2Ru/c2*1-4-10-16(11-5-1)19(17-12-6-2-7-13-17)18-14-8-3-9-15-18;2*1-12-8-13(2)15(14(3)9-12)18-11-16(4,5)10-17(18,6)7;1-2-6-12(7-3-1)15-11-10-13-8-4-5-9-14(13)15;1-4-7-11-8-5-6-9-12(11)13-10(2)3;1-8(2)11-10-7-5-4-6-9(10)3;1-8(2,3)7-9(4,5)6;;2-1(3)4;;;;;;;;;;/h2*1-15H;2*8-9,11H,10H2,1-7H3;1-9,11H;4-10H,1-3H3;3-8H,1-2H3;1-6H3;1H4;;5*1H;;1H;;;/q;;-1;+1;;;;-1;;;;;;;;+1;;+1;2*+2/p-4. The summed E-state index contributed by atoms with van der Waals surface area (Å²) in [4.78, 5) is 2.50. The van der Waals surface area contributed by atoms with Crippen LogP contribution in [0.4, 0.5) is 24.3 Å². The van der Waals surface area contributed by atoms with Crippen LogP contribution < -0.4 is 69.8 Å². The van der Waals surface area contributed by atoms with Crippen molar-refractivity contribution in [1.29, 1.82) is 0 Å². The van der Waals surface area contributed by atoms with E-state index < -0.39 is 66.9 Å². The summed E-state index contributed by atoms with van der Waals surface area (Å²) in [5.74, 6) is 1.80. The van der Waals surface area contributed by atoms with E-state index >= 15 is 0 Å². The Morgan fingerprint density at radius 1 is 0.474 bits per heavy atom. The maximum atomic E-state index is 9.67. The third-order valence-corrected chi connectivity index (χ3v) is 36.7. The van der Waals surface area contributed by atoms with Crippen LogP contribution in [-0.4, -0.2) is 66.8 Å². The van der Waals surface area contributed by atoms with Crippen molar-refractivity contribution in [2.75, 3.05) is 4.90 Å². The molecule has 0 aromatic heterocycles. The minimum Gasteiger partial charge on any atom is -1.00 e. The normalized spacial score (nSPS) is 13.7. The molecular formula is C114H144BCl5CuF4LiN3O2P2Ru2Si2+. The van der Waals surface area contributed by atoms with Crippen molar-refractivity contribution in [2.24, 2.45) is 10.8 Å². The number of nitrogens with zero attached hydrogens (tertiary/aromatic N) is 3. The number of anilines is 1. The van der Waals surface area contributed by atoms with Crippen molar-refractivity contribution in [2.45, 2.75) is 214 Å². The Kier molecular flexibility index (Phi) is 55.7. The molecule has 137 heavy (non-hydrogen) atoms. The van der Waals surface area contributed by atoms with Gasteiger partial charge in [0.05, 0.1) is 21.9 Å². The number of para-hydroxylation sites is 2. The molecule has 2 aliphatic heterocycles. The second-order valence-electron chi connectivity index (χ2n) is 38.3. The van der Waals surface area contributed by atoms with E-state index in [1.807, 2.05) is 112 Å². The second-order valence-corrected chi connectivity index (χ2v) is 64.4. The number of allylic oxidation sites excluding steroid dienone is 2. The predicted molar refractivity (Wildman–Crippen MR) is 596 cm³/mol. The topological polar surface area (TPSA) is 38.8 Å². The van der Waals surface area contributed by atoms with Gasteiger partial charge in [0.2, 0.25) is 5.69 Å². The van der Waals surface area contributed by atoms with Gasteiger partial charge in [-0.05, 0) is 178 Å². The SMILES string of the molecule is C.CC(C)Oc1ccccc1[CH]=[Ru]([Cl])[Cl].CC=Cc1ccccc1OC(C)C.C[Si](C)(C)[N-][Si](C)(C)C.Cc1cc(C)c(N2[CH-]C(C)(C)CC2(C)C)c(C)c1.Cc1cc(C)c([N+]2=CC(C)(C)CC2(C)C)c(C)c1.FB(F)F.[Cl][Cu].[Cl][Ru]([Cl])=[C]1C=C(c2ccccc2)c2ccccc21.[F-].[Li+].c1ccc([PH+](c2ccccc2)c2ccccc2)cc1.c1ccc([PH+](c2ccccc2)c2ccccc2)cc1. The van der Waals surface area contributed by atoms with Crippen LogP contribution in [0, 0.1) is 58.9 Å². The Morgan fingerprint density at radius 2 is 0.788 bits per heavy atom. The van der Waals surface area contributed by atoms with Gasteiger partial charge in [0.15, 0.2) is 11.8 Å². The summed E-state index contributed by atoms with van der Waals surface area (Å²) >= 11 is 0.00912. The number of rotatable bonds is 17. The predicted octanol–water partition coefficient (Wildman–Crippen LogP) is 26.6. The Labute approximate surface area is 878 Å². The minimum atomic E-state index is -3.67. The van der Waals surface area contributed by atoms with E-state index in [0.29, 0.717) is 0 Å². The minimum absolute atomic E-state index is 0. The maximum absolute atomic E-state index is 9.67. The summed E-state index contributed by atoms with van der Waals surface area (Å²) in [6.07, 6.45) is 11.4. The summed E-state index contributed by atoms with van der Waals surface area (Å²) in [5.41, 5.74) is 19.0. The van der Waals surface area contributed by atoms with Crippen LogP contribution in [-0.2, 0) is 42.1 Å². The van der Waals surface area contributed by atoms with E-state index in [1.54, 1.807) is 0 Å². The van der Waals surface area contributed by atoms with Gasteiger partial charge in [0, 0.05) is 53.6 Å². The van der Waals surface area contributed by atoms with Crippen LogP contribution in [0.25, 0.3) is 16.3 Å². The van der Waals surface area contributed by atoms with Crippen LogP contribution in [0.3, 0.4) is 0 Å². The molecule has 2 heterocycles.